The van der Waals surface area contributed by atoms with Crippen molar-refractivity contribution in [3.05, 3.63) is 67.9 Å². The largest absolute Gasteiger partial charge is 0.253 e. The minimum Gasteiger partial charge on any atom is -0.253 e. The second-order valence-corrected chi connectivity index (χ2v) is 7.09. The fourth-order valence-corrected chi connectivity index (χ4v) is 3.39. The van der Waals surface area contributed by atoms with Crippen LogP contribution in [0.4, 0.5) is 5.13 Å². The van der Waals surface area contributed by atoms with E-state index in [-0.39, 0.29) is 0 Å². The highest BCUT2D eigenvalue weighted by Gasteiger charge is 2.05. The Morgan fingerprint density at radius 2 is 1.91 bits per heavy atom. The van der Waals surface area contributed by atoms with Crippen molar-refractivity contribution in [2.45, 2.75) is 0 Å². The van der Waals surface area contributed by atoms with E-state index in [1.807, 2.05) is 35.7 Å². The smallest absolute Gasteiger partial charge is 0.203 e. The number of benzene rings is 2. The van der Waals surface area contributed by atoms with Crippen LogP contribution in [0, 0.1) is 0 Å². The van der Waals surface area contributed by atoms with Crippen LogP contribution in [-0.2, 0) is 0 Å². The molecule has 7 heteroatoms. The lowest BCUT2D eigenvalue weighted by Crippen LogP contribution is -1.91. The molecular weight excluding hydrogens is 417 g/mol. The molecule has 0 bridgehead atoms. The third-order valence-electron chi connectivity index (χ3n) is 2.98. The summed E-state index contributed by atoms with van der Waals surface area (Å²) in [5.74, 6) is 0. The maximum Gasteiger partial charge on any atom is 0.203 e. The summed E-state index contributed by atoms with van der Waals surface area (Å²) in [5.41, 5.74) is 5.62. The zero-order valence-electron chi connectivity index (χ0n) is 11.6. The number of halogens is 3. The molecule has 0 radical (unpaired) electrons. The molecule has 0 aliphatic rings. The highest BCUT2D eigenvalue weighted by atomic mass is 79.9. The van der Waals surface area contributed by atoms with Gasteiger partial charge in [-0.2, -0.15) is 5.10 Å². The Hall–Kier alpha value is -1.40. The molecule has 1 aromatic heterocycles. The van der Waals surface area contributed by atoms with Gasteiger partial charge in [-0.25, -0.2) is 4.98 Å². The molecule has 2 aromatic carbocycles. The molecule has 0 saturated heterocycles. The van der Waals surface area contributed by atoms with Crippen LogP contribution in [0.5, 0.6) is 0 Å². The highest BCUT2D eigenvalue weighted by molar-refractivity contribution is 9.10. The summed E-state index contributed by atoms with van der Waals surface area (Å²) >= 11 is 17.0. The lowest BCUT2D eigenvalue weighted by Gasteiger charge is -2.01. The Balaban J connectivity index is 1.72. The number of hydrogen-bond donors (Lipinski definition) is 1. The van der Waals surface area contributed by atoms with E-state index in [0.717, 1.165) is 21.3 Å². The Morgan fingerprint density at radius 3 is 2.70 bits per heavy atom. The molecule has 0 spiro atoms. The fourth-order valence-electron chi connectivity index (χ4n) is 1.86. The molecule has 0 aliphatic carbocycles. The maximum absolute atomic E-state index is 6.15. The van der Waals surface area contributed by atoms with Gasteiger partial charge in [0.25, 0.3) is 0 Å². The third-order valence-corrected chi connectivity index (χ3v) is 5.25. The van der Waals surface area contributed by atoms with E-state index < -0.39 is 0 Å². The summed E-state index contributed by atoms with van der Waals surface area (Å²) in [7, 11) is 0. The van der Waals surface area contributed by atoms with Crippen LogP contribution in [0.3, 0.4) is 0 Å². The number of hydrazone groups is 1. The molecule has 116 valence electrons. The SMILES string of the molecule is Clc1cc(C=NNc2nc(-c3ccccc3)cs2)c(Cl)cc1Br. The highest BCUT2D eigenvalue weighted by Crippen LogP contribution is 2.28. The van der Waals surface area contributed by atoms with Gasteiger partial charge in [-0.1, -0.05) is 53.5 Å². The van der Waals surface area contributed by atoms with Gasteiger partial charge in [0.2, 0.25) is 5.13 Å². The average Bonchev–Trinajstić information content (AvgIpc) is 3.02. The first kappa shape index (κ1) is 16.5. The molecule has 0 fully saturated rings. The molecule has 1 N–H and O–H groups in total. The van der Waals surface area contributed by atoms with E-state index in [4.69, 9.17) is 23.2 Å². The van der Waals surface area contributed by atoms with E-state index in [1.165, 1.54) is 11.3 Å². The molecular formula is C16H10BrCl2N3S. The normalized spacial score (nSPS) is 11.1. The third kappa shape index (κ3) is 4.12. The first-order valence-electron chi connectivity index (χ1n) is 6.58. The number of aromatic nitrogens is 1. The molecule has 1 heterocycles. The number of rotatable bonds is 4. The predicted octanol–water partition coefficient (Wildman–Crippen LogP) is 6.33. The summed E-state index contributed by atoms with van der Waals surface area (Å²) in [6.45, 7) is 0. The maximum atomic E-state index is 6.15. The van der Waals surface area contributed by atoms with Crippen molar-refractivity contribution in [1.29, 1.82) is 0 Å². The van der Waals surface area contributed by atoms with E-state index >= 15 is 0 Å². The topological polar surface area (TPSA) is 37.3 Å². The first-order chi connectivity index (χ1) is 11.1. The van der Waals surface area contributed by atoms with Crippen LogP contribution < -0.4 is 5.43 Å². The van der Waals surface area contributed by atoms with Gasteiger partial charge in [0.1, 0.15) is 0 Å². The van der Waals surface area contributed by atoms with Gasteiger partial charge in [0.15, 0.2) is 0 Å². The van der Waals surface area contributed by atoms with Gasteiger partial charge in [-0.3, -0.25) is 5.43 Å². The van der Waals surface area contributed by atoms with Crippen LogP contribution >= 0.6 is 50.5 Å². The van der Waals surface area contributed by atoms with Gasteiger partial charge < -0.3 is 0 Å². The summed E-state index contributed by atoms with van der Waals surface area (Å²) in [5, 5.41) is 8.00. The first-order valence-corrected chi connectivity index (χ1v) is 9.01. The van der Waals surface area contributed by atoms with E-state index in [1.54, 1.807) is 18.3 Å². The molecule has 3 nitrogen and oxygen atoms in total. The number of hydrogen-bond acceptors (Lipinski definition) is 4. The van der Waals surface area contributed by atoms with E-state index in [2.05, 4.69) is 31.4 Å². The standard InChI is InChI=1S/C16H10BrCl2N3S/c17-12-7-13(18)11(6-14(12)19)8-20-22-16-21-15(9-23-16)10-4-2-1-3-5-10/h1-9H,(H,21,22). The van der Waals surface area contributed by atoms with Crippen molar-refractivity contribution < 1.29 is 0 Å². The Morgan fingerprint density at radius 1 is 1.13 bits per heavy atom. The van der Waals surface area contributed by atoms with Crippen LogP contribution in [0.25, 0.3) is 11.3 Å². The molecule has 0 unspecified atom stereocenters. The van der Waals surface area contributed by atoms with Gasteiger partial charge >= 0.3 is 0 Å². The predicted molar refractivity (Wildman–Crippen MR) is 103 cm³/mol. The Bertz CT molecular complexity index is 850. The molecule has 0 aliphatic heterocycles. The number of nitrogens with one attached hydrogen (secondary N) is 1. The van der Waals surface area contributed by atoms with E-state index in [0.29, 0.717) is 15.2 Å². The molecule has 0 saturated carbocycles. The van der Waals surface area contributed by atoms with Crippen molar-refractivity contribution in [3.63, 3.8) is 0 Å². The summed E-state index contributed by atoms with van der Waals surface area (Å²) in [6.07, 6.45) is 1.62. The minimum atomic E-state index is 0.566. The van der Waals surface area contributed by atoms with Crippen molar-refractivity contribution in [1.82, 2.24) is 4.98 Å². The lowest BCUT2D eigenvalue weighted by molar-refractivity contribution is 1.29. The van der Waals surface area contributed by atoms with Crippen molar-refractivity contribution in [3.8, 4) is 11.3 Å². The van der Waals surface area contributed by atoms with E-state index in [9.17, 15) is 0 Å². The van der Waals surface area contributed by atoms with Gasteiger partial charge in [-0.05, 0) is 28.1 Å². The van der Waals surface area contributed by atoms with Crippen molar-refractivity contribution in [2.24, 2.45) is 5.10 Å². The van der Waals surface area contributed by atoms with Crippen LogP contribution in [-0.4, -0.2) is 11.2 Å². The van der Waals surface area contributed by atoms with Gasteiger partial charge in [0, 0.05) is 21.0 Å². The molecule has 0 atom stereocenters. The minimum absolute atomic E-state index is 0.566. The van der Waals surface area contributed by atoms with Crippen LogP contribution in [0.15, 0.2) is 57.4 Å². The second-order valence-electron chi connectivity index (χ2n) is 4.56. The molecule has 0 amide bonds. The summed E-state index contributed by atoms with van der Waals surface area (Å²) in [4.78, 5) is 4.49. The van der Waals surface area contributed by atoms with Gasteiger partial charge in [0.05, 0.1) is 22.0 Å². The van der Waals surface area contributed by atoms with Crippen LogP contribution in [0.2, 0.25) is 10.0 Å². The fraction of sp³-hybridized carbons (Fsp3) is 0. The monoisotopic (exact) mass is 425 g/mol. The van der Waals surface area contributed by atoms with Crippen LogP contribution in [0.1, 0.15) is 5.56 Å². The molecule has 3 rings (SSSR count). The summed E-state index contributed by atoms with van der Waals surface area (Å²) in [6, 6.07) is 13.5. The lowest BCUT2D eigenvalue weighted by atomic mass is 10.2. The van der Waals surface area contributed by atoms with Gasteiger partial charge in [-0.15, -0.1) is 11.3 Å². The summed E-state index contributed by atoms with van der Waals surface area (Å²) < 4.78 is 0.752. The zero-order valence-corrected chi connectivity index (χ0v) is 15.5. The zero-order chi connectivity index (χ0) is 16.2. The number of nitrogens with zero attached hydrogens (tertiary/aromatic N) is 2. The Kier molecular flexibility index (Phi) is 5.33. The number of thiazole rings is 1. The Labute approximate surface area is 156 Å². The van der Waals surface area contributed by atoms with Crippen molar-refractivity contribution in [2.75, 3.05) is 5.43 Å². The van der Waals surface area contributed by atoms with Crippen molar-refractivity contribution >= 4 is 61.8 Å². The second kappa shape index (κ2) is 7.45. The molecule has 3 aromatic rings. The molecule has 23 heavy (non-hydrogen) atoms. The number of anilines is 1. The quantitative estimate of drug-likeness (QED) is 0.300. The average molecular weight is 427 g/mol.